The molecule has 1 fully saturated rings. The Morgan fingerprint density at radius 2 is 2.00 bits per heavy atom. The molecule has 0 radical (unpaired) electrons. The Morgan fingerprint density at radius 1 is 1.33 bits per heavy atom. The standard InChI is InChI=1S/C16H32N2O2.ClH/c1-12(2)10-13(3)20-9-7-16(19)18-8-5-6-15(11-18)14(4)17;/h12-15H,5-11,17H2,1-4H3;1H. The van der Waals surface area contributed by atoms with Gasteiger partial charge in [-0.1, -0.05) is 13.8 Å². The number of carbonyl (C=O) groups excluding carboxylic acids is 1. The van der Waals surface area contributed by atoms with Crippen molar-refractivity contribution in [3.8, 4) is 0 Å². The van der Waals surface area contributed by atoms with Crippen molar-refractivity contribution in [3.05, 3.63) is 0 Å². The Hall–Kier alpha value is -0.320. The van der Waals surface area contributed by atoms with E-state index in [0.29, 0.717) is 24.9 Å². The molecule has 1 saturated heterocycles. The van der Waals surface area contributed by atoms with Crippen LogP contribution < -0.4 is 5.73 Å². The Balaban J connectivity index is 0.00000400. The van der Waals surface area contributed by atoms with E-state index in [-0.39, 0.29) is 30.5 Å². The summed E-state index contributed by atoms with van der Waals surface area (Å²) in [5.41, 5.74) is 5.95. The van der Waals surface area contributed by atoms with Crippen LogP contribution in [-0.4, -0.2) is 42.6 Å². The molecule has 3 unspecified atom stereocenters. The second kappa shape index (κ2) is 10.4. The van der Waals surface area contributed by atoms with Crippen LogP contribution >= 0.6 is 12.4 Å². The molecule has 0 spiro atoms. The molecular formula is C16H33ClN2O2. The van der Waals surface area contributed by atoms with Gasteiger partial charge in [-0.05, 0) is 44.9 Å². The number of nitrogens with zero attached hydrogens (tertiary/aromatic N) is 1. The molecule has 1 amide bonds. The third-order valence-electron chi connectivity index (χ3n) is 4.08. The SMILES string of the molecule is CC(C)CC(C)OCCC(=O)N1CCCC(C(C)N)C1.Cl. The molecule has 0 saturated carbocycles. The molecule has 0 aromatic rings. The van der Waals surface area contributed by atoms with Crippen LogP contribution in [0.5, 0.6) is 0 Å². The van der Waals surface area contributed by atoms with Crippen LogP contribution in [0.2, 0.25) is 0 Å². The monoisotopic (exact) mass is 320 g/mol. The maximum atomic E-state index is 12.2. The fourth-order valence-electron chi connectivity index (χ4n) is 2.90. The van der Waals surface area contributed by atoms with Gasteiger partial charge in [-0.15, -0.1) is 12.4 Å². The second-order valence-corrected chi connectivity index (χ2v) is 6.66. The van der Waals surface area contributed by atoms with E-state index in [0.717, 1.165) is 32.4 Å². The number of carbonyl (C=O) groups is 1. The fourth-order valence-corrected chi connectivity index (χ4v) is 2.90. The molecule has 1 aliphatic rings. The minimum atomic E-state index is 0. The maximum absolute atomic E-state index is 12.2. The number of hydrogen-bond acceptors (Lipinski definition) is 3. The lowest BCUT2D eigenvalue weighted by atomic mass is 9.92. The zero-order valence-electron chi connectivity index (χ0n) is 14.0. The molecule has 5 heteroatoms. The number of amides is 1. The van der Waals surface area contributed by atoms with Crippen molar-refractivity contribution in [2.45, 2.75) is 65.5 Å². The highest BCUT2D eigenvalue weighted by molar-refractivity contribution is 5.85. The lowest BCUT2D eigenvalue weighted by Crippen LogP contribution is -2.45. The number of nitrogens with two attached hydrogens (primary N) is 1. The number of halogens is 1. The van der Waals surface area contributed by atoms with Gasteiger partial charge in [0.1, 0.15) is 0 Å². The van der Waals surface area contributed by atoms with Gasteiger partial charge in [0, 0.05) is 19.1 Å². The van der Waals surface area contributed by atoms with E-state index in [1.165, 1.54) is 0 Å². The van der Waals surface area contributed by atoms with Crippen LogP contribution in [0.1, 0.15) is 53.4 Å². The van der Waals surface area contributed by atoms with E-state index in [1.54, 1.807) is 0 Å². The van der Waals surface area contributed by atoms with E-state index in [9.17, 15) is 4.79 Å². The van der Waals surface area contributed by atoms with Gasteiger partial charge in [0.15, 0.2) is 0 Å². The third-order valence-corrected chi connectivity index (χ3v) is 4.08. The molecule has 3 atom stereocenters. The van der Waals surface area contributed by atoms with Gasteiger partial charge in [-0.25, -0.2) is 0 Å². The van der Waals surface area contributed by atoms with Crippen molar-refractivity contribution in [2.75, 3.05) is 19.7 Å². The summed E-state index contributed by atoms with van der Waals surface area (Å²) < 4.78 is 5.72. The van der Waals surface area contributed by atoms with Gasteiger partial charge in [0.25, 0.3) is 0 Å². The summed E-state index contributed by atoms with van der Waals surface area (Å²) in [6, 6.07) is 0.174. The van der Waals surface area contributed by atoms with Gasteiger partial charge in [-0.2, -0.15) is 0 Å². The average Bonchev–Trinajstić information content (AvgIpc) is 2.37. The smallest absolute Gasteiger partial charge is 0.224 e. The summed E-state index contributed by atoms with van der Waals surface area (Å²) in [6.45, 7) is 10.7. The van der Waals surface area contributed by atoms with Gasteiger partial charge < -0.3 is 15.4 Å². The number of piperidine rings is 1. The van der Waals surface area contributed by atoms with Crippen molar-refractivity contribution in [1.82, 2.24) is 4.90 Å². The molecule has 0 aromatic heterocycles. The van der Waals surface area contributed by atoms with Crippen LogP contribution in [0.4, 0.5) is 0 Å². The van der Waals surface area contributed by atoms with Gasteiger partial charge >= 0.3 is 0 Å². The first-order valence-corrected chi connectivity index (χ1v) is 8.05. The zero-order valence-corrected chi connectivity index (χ0v) is 14.8. The number of rotatable bonds is 7. The fraction of sp³-hybridized carbons (Fsp3) is 0.938. The van der Waals surface area contributed by atoms with Gasteiger partial charge in [0.2, 0.25) is 5.91 Å². The molecular weight excluding hydrogens is 288 g/mol. The molecule has 2 N–H and O–H groups in total. The molecule has 1 rings (SSSR count). The number of ether oxygens (including phenoxy) is 1. The number of likely N-dealkylation sites (tertiary alicyclic amines) is 1. The van der Waals surface area contributed by atoms with Crippen LogP contribution in [0.25, 0.3) is 0 Å². The molecule has 21 heavy (non-hydrogen) atoms. The quantitative estimate of drug-likeness (QED) is 0.784. The highest BCUT2D eigenvalue weighted by atomic mass is 35.5. The molecule has 0 aromatic carbocycles. The summed E-state index contributed by atoms with van der Waals surface area (Å²) in [4.78, 5) is 14.1. The highest BCUT2D eigenvalue weighted by Gasteiger charge is 2.25. The lowest BCUT2D eigenvalue weighted by Gasteiger charge is -2.34. The Kier molecular flexibility index (Phi) is 10.3. The normalized spacial score (nSPS) is 21.8. The van der Waals surface area contributed by atoms with Crippen LogP contribution in [0.3, 0.4) is 0 Å². The zero-order chi connectivity index (χ0) is 15.1. The van der Waals surface area contributed by atoms with Crippen molar-refractivity contribution < 1.29 is 9.53 Å². The summed E-state index contributed by atoms with van der Waals surface area (Å²) in [6.07, 6.45) is 3.99. The largest absolute Gasteiger partial charge is 0.378 e. The highest BCUT2D eigenvalue weighted by Crippen LogP contribution is 2.19. The van der Waals surface area contributed by atoms with E-state index in [1.807, 2.05) is 11.8 Å². The predicted octanol–water partition coefficient (Wildman–Crippen LogP) is 2.84. The van der Waals surface area contributed by atoms with E-state index >= 15 is 0 Å². The average molecular weight is 321 g/mol. The summed E-state index contributed by atoms with van der Waals surface area (Å²) >= 11 is 0. The Bertz CT molecular complexity index is 298. The predicted molar refractivity (Wildman–Crippen MR) is 89.7 cm³/mol. The molecule has 0 aliphatic carbocycles. The van der Waals surface area contributed by atoms with Crippen LogP contribution in [0.15, 0.2) is 0 Å². The second-order valence-electron chi connectivity index (χ2n) is 6.66. The van der Waals surface area contributed by atoms with Crippen molar-refractivity contribution in [3.63, 3.8) is 0 Å². The van der Waals surface area contributed by atoms with E-state index in [4.69, 9.17) is 10.5 Å². The summed E-state index contributed by atoms with van der Waals surface area (Å²) in [5, 5.41) is 0. The minimum absolute atomic E-state index is 0. The van der Waals surface area contributed by atoms with E-state index < -0.39 is 0 Å². The Morgan fingerprint density at radius 3 is 2.57 bits per heavy atom. The lowest BCUT2D eigenvalue weighted by molar-refractivity contribution is -0.134. The topological polar surface area (TPSA) is 55.6 Å². The molecule has 126 valence electrons. The van der Waals surface area contributed by atoms with Gasteiger partial charge in [0.05, 0.1) is 19.1 Å². The first-order chi connectivity index (χ1) is 9.40. The molecule has 0 bridgehead atoms. The van der Waals surface area contributed by atoms with Crippen LogP contribution in [0, 0.1) is 11.8 Å². The van der Waals surface area contributed by atoms with E-state index in [2.05, 4.69) is 20.8 Å². The van der Waals surface area contributed by atoms with Gasteiger partial charge in [-0.3, -0.25) is 4.79 Å². The van der Waals surface area contributed by atoms with Crippen molar-refractivity contribution >= 4 is 18.3 Å². The number of hydrogen-bond donors (Lipinski definition) is 1. The molecule has 4 nitrogen and oxygen atoms in total. The van der Waals surface area contributed by atoms with Crippen LogP contribution in [-0.2, 0) is 9.53 Å². The van der Waals surface area contributed by atoms with Crippen molar-refractivity contribution in [2.24, 2.45) is 17.6 Å². The third kappa shape index (κ3) is 8.03. The molecule has 1 heterocycles. The first-order valence-electron chi connectivity index (χ1n) is 8.05. The minimum Gasteiger partial charge on any atom is -0.378 e. The summed E-state index contributed by atoms with van der Waals surface area (Å²) in [5.74, 6) is 1.30. The summed E-state index contributed by atoms with van der Waals surface area (Å²) in [7, 11) is 0. The molecule has 1 aliphatic heterocycles. The Labute approximate surface area is 136 Å². The maximum Gasteiger partial charge on any atom is 0.224 e. The first kappa shape index (κ1) is 20.7. The van der Waals surface area contributed by atoms with Crippen molar-refractivity contribution in [1.29, 1.82) is 0 Å².